The monoisotopic (exact) mass is 284 g/mol. The Morgan fingerprint density at radius 3 is 2.33 bits per heavy atom. The van der Waals surface area contributed by atoms with Crippen molar-refractivity contribution in [3.05, 3.63) is 25.3 Å². The summed E-state index contributed by atoms with van der Waals surface area (Å²) in [5.41, 5.74) is 0.225. The number of hydrogen-bond donors (Lipinski definition) is 0. The van der Waals surface area contributed by atoms with E-state index >= 15 is 0 Å². The van der Waals surface area contributed by atoms with Gasteiger partial charge in [0.05, 0.1) is 5.54 Å². The summed E-state index contributed by atoms with van der Waals surface area (Å²) in [5.74, 6) is 2.36. The average molecular weight is 284 g/mol. The number of fused-ring (bicyclic) bond motifs is 2. The van der Waals surface area contributed by atoms with Crippen LogP contribution in [0.5, 0.6) is 0 Å². The quantitative estimate of drug-likeness (QED) is 0.846. The van der Waals surface area contributed by atoms with Gasteiger partial charge >= 0.3 is 0 Å². The average Bonchev–Trinajstić information content (AvgIpc) is 3.17. The Balaban J connectivity index is 1.64. The maximum absolute atomic E-state index is 4.09. The smallest absolute Gasteiger partial charge is 0.119 e. The van der Waals surface area contributed by atoms with Gasteiger partial charge in [-0.2, -0.15) is 0 Å². The normalized spacial score (nSPS) is 41.3. The Morgan fingerprint density at radius 1 is 0.810 bits per heavy atom. The highest BCUT2D eigenvalue weighted by molar-refractivity contribution is 5.09. The van der Waals surface area contributed by atoms with Gasteiger partial charge in [-0.1, -0.05) is 0 Å². The van der Waals surface area contributed by atoms with Crippen molar-refractivity contribution in [3.8, 4) is 0 Å². The molecule has 110 valence electrons. The molecule has 0 N–H and O–H groups in total. The van der Waals surface area contributed by atoms with E-state index < -0.39 is 0 Å². The van der Waals surface area contributed by atoms with Crippen LogP contribution in [0.25, 0.3) is 0 Å². The van der Waals surface area contributed by atoms with E-state index in [0.29, 0.717) is 12.0 Å². The second kappa shape index (κ2) is 4.15. The third-order valence-electron chi connectivity index (χ3n) is 6.32. The van der Waals surface area contributed by atoms with Crippen LogP contribution in [0.4, 0.5) is 0 Å². The molecule has 3 fully saturated rings. The van der Waals surface area contributed by atoms with Gasteiger partial charge in [-0.3, -0.25) is 0 Å². The van der Waals surface area contributed by atoms with Crippen molar-refractivity contribution in [3.63, 3.8) is 0 Å². The van der Waals surface area contributed by atoms with Gasteiger partial charge in [-0.05, 0) is 50.4 Å². The zero-order valence-electron chi connectivity index (χ0n) is 12.0. The number of nitrogens with zero attached hydrogens (tertiary/aromatic N) is 6. The SMILES string of the molecule is c1nncn1C1CC2CC3CCC1C(n1cnnc1)(C3)C2. The van der Waals surface area contributed by atoms with E-state index in [1.807, 2.05) is 25.3 Å². The molecule has 3 bridgehead atoms. The topological polar surface area (TPSA) is 61.4 Å². The van der Waals surface area contributed by atoms with E-state index in [1.165, 1.54) is 38.5 Å². The lowest BCUT2D eigenvalue weighted by molar-refractivity contribution is -0.0748. The number of hydrogen-bond acceptors (Lipinski definition) is 4. The first kappa shape index (κ1) is 11.9. The van der Waals surface area contributed by atoms with Gasteiger partial charge < -0.3 is 9.13 Å². The van der Waals surface area contributed by atoms with E-state index in [4.69, 9.17) is 0 Å². The van der Waals surface area contributed by atoms with Crippen LogP contribution in [0.2, 0.25) is 0 Å². The summed E-state index contributed by atoms with van der Waals surface area (Å²) in [6.45, 7) is 0. The largest absolute Gasteiger partial charge is 0.317 e. The van der Waals surface area contributed by atoms with Crippen LogP contribution in [0, 0.1) is 17.8 Å². The highest BCUT2D eigenvalue weighted by Crippen LogP contribution is 2.61. The molecule has 0 aromatic carbocycles. The van der Waals surface area contributed by atoms with Gasteiger partial charge in [0.15, 0.2) is 0 Å². The second-order valence-corrected chi connectivity index (χ2v) is 7.24. The van der Waals surface area contributed by atoms with E-state index in [0.717, 1.165) is 11.8 Å². The van der Waals surface area contributed by atoms with E-state index in [2.05, 4.69) is 29.5 Å². The van der Waals surface area contributed by atoms with E-state index in [9.17, 15) is 0 Å². The molecule has 0 spiro atoms. The van der Waals surface area contributed by atoms with Crippen LogP contribution < -0.4 is 0 Å². The molecule has 0 radical (unpaired) electrons. The first-order chi connectivity index (χ1) is 10.4. The molecular formula is C15H20N6. The molecule has 6 heteroatoms. The van der Waals surface area contributed by atoms with Crippen LogP contribution in [0.15, 0.2) is 25.3 Å². The standard InChI is InChI=1S/C15H20N6/c1-2-13-14(20-7-16-17-8-20)4-12-3-11(1)5-15(13,6-12)21-9-18-19-10-21/h7-14H,1-6H2. The number of aromatic nitrogens is 6. The summed E-state index contributed by atoms with van der Waals surface area (Å²) < 4.78 is 4.58. The van der Waals surface area contributed by atoms with Crippen molar-refractivity contribution in [2.45, 2.75) is 50.1 Å². The third-order valence-corrected chi connectivity index (χ3v) is 6.32. The highest BCUT2D eigenvalue weighted by atomic mass is 15.3. The van der Waals surface area contributed by atoms with Crippen molar-refractivity contribution in [1.82, 2.24) is 29.5 Å². The predicted octanol–water partition coefficient (Wildman–Crippen LogP) is 2.04. The fourth-order valence-electron chi connectivity index (χ4n) is 5.71. The van der Waals surface area contributed by atoms with E-state index in [1.54, 1.807) is 0 Å². The summed E-state index contributed by atoms with van der Waals surface area (Å²) in [6.07, 6.45) is 15.6. The minimum Gasteiger partial charge on any atom is -0.317 e. The van der Waals surface area contributed by atoms with Crippen LogP contribution in [0.3, 0.4) is 0 Å². The maximum atomic E-state index is 4.09. The molecule has 0 amide bonds. The molecule has 2 aromatic heterocycles. The van der Waals surface area contributed by atoms with Gasteiger partial charge in [-0.25, -0.2) is 0 Å². The van der Waals surface area contributed by atoms with Crippen LogP contribution in [0.1, 0.15) is 44.6 Å². The molecule has 2 aromatic rings. The van der Waals surface area contributed by atoms with Gasteiger partial charge in [0.2, 0.25) is 0 Å². The molecule has 5 rings (SSSR count). The molecule has 6 nitrogen and oxygen atoms in total. The Morgan fingerprint density at radius 2 is 1.52 bits per heavy atom. The Labute approximate surface area is 123 Å². The molecule has 3 saturated carbocycles. The predicted molar refractivity (Wildman–Crippen MR) is 75.2 cm³/mol. The van der Waals surface area contributed by atoms with Gasteiger partial charge in [-0.15, -0.1) is 20.4 Å². The van der Waals surface area contributed by atoms with Crippen molar-refractivity contribution in [1.29, 1.82) is 0 Å². The number of rotatable bonds is 2. The Bertz CT molecular complexity index is 617. The molecule has 5 atom stereocenters. The molecule has 0 saturated heterocycles. The summed E-state index contributed by atoms with van der Waals surface area (Å²) >= 11 is 0. The third kappa shape index (κ3) is 1.59. The second-order valence-electron chi connectivity index (χ2n) is 7.24. The van der Waals surface area contributed by atoms with Gasteiger partial charge in [0.25, 0.3) is 0 Å². The molecule has 3 aliphatic carbocycles. The molecular weight excluding hydrogens is 264 g/mol. The van der Waals surface area contributed by atoms with Crippen molar-refractivity contribution in [2.75, 3.05) is 0 Å². The fraction of sp³-hybridized carbons (Fsp3) is 0.733. The zero-order chi connectivity index (χ0) is 13.9. The minimum absolute atomic E-state index is 0.225. The zero-order valence-corrected chi connectivity index (χ0v) is 12.0. The van der Waals surface area contributed by atoms with Crippen molar-refractivity contribution >= 4 is 0 Å². The van der Waals surface area contributed by atoms with Gasteiger partial charge in [0, 0.05) is 12.0 Å². The first-order valence-electron chi connectivity index (χ1n) is 8.04. The molecule has 5 unspecified atom stereocenters. The van der Waals surface area contributed by atoms with Crippen molar-refractivity contribution < 1.29 is 0 Å². The maximum Gasteiger partial charge on any atom is 0.119 e. The Hall–Kier alpha value is -1.72. The molecule has 2 heterocycles. The minimum atomic E-state index is 0.225. The lowest BCUT2D eigenvalue weighted by Gasteiger charge is -2.59. The van der Waals surface area contributed by atoms with Crippen LogP contribution in [-0.4, -0.2) is 29.5 Å². The van der Waals surface area contributed by atoms with Crippen LogP contribution in [-0.2, 0) is 5.54 Å². The summed E-state index contributed by atoms with van der Waals surface area (Å²) in [7, 11) is 0. The summed E-state index contributed by atoms with van der Waals surface area (Å²) in [4.78, 5) is 0. The van der Waals surface area contributed by atoms with Gasteiger partial charge in [0.1, 0.15) is 25.3 Å². The molecule has 0 aliphatic heterocycles. The molecule has 3 aliphatic rings. The van der Waals surface area contributed by atoms with E-state index in [-0.39, 0.29) is 5.54 Å². The fourth-order valence-corrected chi connectivity index (χ4v) is 5.71. The lowest BCUT2D eigenvalue weighted by Crippen LogP contribution is -2.56. The molecule has 21 heavy (non-hydrogen) atoms. The summed E-state index contributed by atoms with van der Waals surface area (Å²) in [5, 5.41) is 16.3. The Kier molecular flexibility index (Phi) is 2.35. The summed E-state index contributed by atoms with van der Waals surface area (Å²) in [6, 6.07) is 0.530. The van der Waals surface area contributed by atoms with Crippen molar-refractivity contribution in [2.24, 2.45) is 17.8 Å². The highest BCUT2D eigenvalue weighted by Gasteiger charge is 2.56. The first-order valence-corrected chi connectivity index (χ1v) is 8.04. The lowest BCUT2D eigenvalue weighted by atomic mass is 9.52. The van der Waals surface area contributed by atoms with Crippen LogP contribution >= 0.6 is 0 Å².